The zero-order chi connectivity index (χ0) is 12.7. The largest absolute Gasteiger partial charge is 0.437 e. The van der Waals surface area contributed by atoms with Crippen molar-refractivity contribution in [3.63, 3.8) is 0 Å². The Kier molecular flexibility index (Phi) is 2.18. The highest BCUT2D eigenvalue weighted by atomic mass is 16.7. The Morgan fingerprint density at radius 2 is 1.42 bits per heavy atom. The van der Waals surface area contributed by atoms with Crippen molar-refractivity contribution in [1.29, 1.82) is 0 Å². The summed E-state index contributed by atoms with van der Waals surface area (Å²) in [5.74, 6) is 1.46. The summed E-state index contributed by atoms with van der Waals surface area (Å²) in [5, 5.41) is 2.14. The molecule has 0 bridgehead atoms. The van der Waals surface area contributed by atoms with E-state index in [0.29, 0.717) is 6.29 Å². The molecule has 3 nitrogen and oxygen atoms in total. The van der Waals surface area contributed by atoms with Gasteiger partial charge in [-0.25, -0.2) is 0 Å². The van der Waals surface area contributed by atoms with Gasteiger partial charge in [-0.05, 0) is 23.6 Å². The van der Waals surface area contributed by atoms with E-state index in [-0.39, 0.29) is 0 Å². The van der Waals surface area contributed by atoms with E-state index in [0.717, 1.165) is 28.0 Å². The van der Waals surface area contributed by atoms with Crippen molar-refractivity contribution in [1.82, 2.24) is 4.98 Å². The fraction of sp³-hybridized carbons (Fsp3) is 0. The van der Waals surface area contributed by atoms with Gasteiger partial charge in [-0.2, -0.15) is 0 Å². The van der Waals surface area contributed by atoms with Crippen molar-refractivity contribution < 1.29 is 9.47 Å². The minimum atomic E-state index is 0.443. The molecule has 2 heterocycles. The Hall–Kier alpha value is -2.55. The molecular formula is C16H10NO2. The third-order valence-electron chi connectivity index (χ3n) is 3.12. The smallest absolute Gasteiger partial charge is 0.383 e. The average molecular weight is 248 g/mol. The molecule has 3 heteroatoms. The molecular weight excluding hydrogens is 238 g/mol. The standard InChI is InChI=1S/C16H10NO2/c1-2-6-12-11(5-1)9-10-17-15(12)16-18-13-7-3-4-8-14(13)19-16/h1-10H. The first-order chi connectivity index (χ1) is 9.42. The van der Waals surface area contributed by atoms with Crippen LogP contribution in [0.5, 0.6) is 11.5 Å². The highest BCUT2D eigenvalue weighted by molar-refractivity contribution is 5.85. The second-order valence-corrected chi connectivity index (χ2v) is 4.32. The second kappa shape index (κ2) is 3.99. The summed E-state index contributed by atoms with van der Waals surface area (Å²) in [6.45, 7) is 0. The summed E-state index contributed by atoms with van der Waals surface area (Å²) in [5.41, 5.74) is 0.731. The predicted molar refractivity (Wildman–Crippen MR) is 71.8 cm³/mol. The molecule has 0 saturated carbocycles. The van der Waals surface area contributed by atoms with Crippen molar-refractivity contribution in [3.8, 4) is 11.5 Å². The molecule has 3 aromatic rings. The van der Waals surface area contributed by atoms with Crippen molar-refractivity contribution in [2.45, 2.75) is 0 Å². The number of rotatable bonds is 1. The Bertz CT molecular complexity index is 724. The third-order valence-corrected chi connectivity index (χ3v) is 3.12. The summed E-state index contributed by atoms with van der Waals surface area (Å²) in [4.78, 5) is 4.38. The normalized spacial score (nSPS) is 13.9. The van der Waals surface area contributed by atoms with E-state index < -0.39 is 0 Å². The van der Waals surface area contributed by atoms with Crippen LogP contribution < -0.4 is 9.47 Å². The van der Waals surface area contributed by atoms with E-state index >= 15 is 0 Å². The van der Waals surface area contributed by atoms with Gasteiger partial charge < -0.3 is 9.47 Å². The number of hydrogen-bond donors (Lipinski definition) is 0. The average Bonchev–Trinajstić information content (AvgIpc) is 2.90. The number of nitrogens with zero attached hydrogens (tertiary/aromatic N) is 1. The Morgan fingerprint density at radius 1 is 0.737 bits per heavy atom. The van der Waals surface area contributed by atoms with Gasteiger partial charge in [0.25, 0.3) is 0 Å². The van der Waals surface area contributed by atoms with E-state index in [1.807, 2.05) is 54.6 Å². The minimum absolute atomic E-state index is 0.443. The number of hydrogen-bond acceptors (Lipinski definition) is 3. The maximum absolute atomic E-state index is 5.73. The molecule has 4 rings (SSSR count). The summed E-state index contributed by atoms with van der Waals surface area (Å²) in [7, 11) is 0. The lowest BCUT2D eigenvalue weighted by Gasteiger charge is -2.09. The summed E-state index contributed by atoms with van der Waals surface area (Å²) in [6.07, 6.45) is 2.21. The quantitative estimate of drug-likeness (QED) is 0.660. The second-order valence-electron chi connectivity index (χ2n) is 4.32. The highest BCUT2D eigenvalue weighted by Crippen LogP contribution is 2.40. The van der Waals surface area contributed by atoms with E-state index in [2.05, 4.69) is 4.98 Å². The van der Waals surface area contributed by atoms with E-state index in [4.69, 9.17) is 9.47 Å². The third kappa shape index (κ3) is 1.63. The van der Waals surface area contributed by atoms with Gasteiger partial charge in [0.1, 0.15) is 5.69 Å². The van der Waals surface area contributed by atoms with Crippen LogP contribution in [0.2, 0.25) is 0 Å². The first-order valence-electron chi connectivity index (χ1n) is 6.08. The zero-order valence-electron chi connectivity index (χ0n) is 10.0. The molecule has 2 aromatic carbocycles. The predicted octanol–water partition coefficient (Wildman–Crippen LogP) is 3.54. The number of benzene rings is 2. The van der Waals surface area contributed by atoms with Crippen LogP contribution in [0, 0.1) is 6.29 Å². The molecule has 0 amide bonds. The van der Waals surface area contributed by atoms with Gasteiger partial charge in [0.2, 0.25) is 0 Å². The van der Waals surface area contributed by atoms with Gasteiger partial charge in [-0.3, -0.25) is 4.98 Å². The van der Waals surface area contributed by atoms with Crippen molar-refractivity contribution in [2.24, 2.45) is 0 Å². The van der Waals surface area contributed by atoms with Crippen LogP contribution in [0.15, 0.2) is 60.8 Å². The van der Waals surface area contributed by atoms with Crippen LogP contribution in [0.4, 0.5) is 0 Å². The van der Waals surface area contributed by atoms with Gasteiger partial charge in [0, 0.05) is 11.6 Å². The molecule has 0 aliphatic carbocycles. The number of pyridine rings is 1. The molecule has 1 radical (unpaired) electrons. The molecule has 1 aliphatic heterocycles. The molecule has 0 fully saturated rings. The zero-order valence-corrected chi connectivity index (χ0v) is 10.0. The van der Waals surface area contributed by atoms with Crippen molar-refractivity contribution >= 4 is 10.8 Å². The molecule has 1 aromatic heterocycles. The summed E-state index contributed by atoms with van der Waals surface area (Å²) in [6, 6.07) is 17.6. The fourth-order valence-corrected chi connectivity index (χ4v) is 2.22. The molecule has 0 N–H and O–H groups in total. The lowest BCUT2D eigenvalue weighted by atomic mass is 10.1. The monoisotopic (exact) mass is 248 g/mol. The Balaban J connectivity index is 1.81. The number of para-hydroxylation sites is 2. The number of fused-ring (bicyclic) bond motifs is 2. The molecule has 1 aliphatic rings. The molecule has 0 saturated heterocycles. The maximum atomic E-state index is 5.73. The lowest BCUT2D eigenvalue weighted by molar-refractivity contribution is 0.201. The number of ether oxygens (including phenoxy) is 2. The Morgan fingerprint density at radius 3 is 2.21 bits per heavy atom. The van der Waals surface area contributed by atoms with Gasteiger partial charge in [0.05, 0.1) is 0 Å². The van der Waals surface area contributed by atoms with Crippen LogP contribution in [0.3, 0.4) is 0 Å². The van der Waals surface area contributed by atoms with Crippen molar-refractivity contribution in [2.75, 3.05) is 0 Å². The van der Waals surface area contributed by atoms with Crippen molar-refractivity contribution in [3.05, 3.63) is 72.8 Å². The molecule has 19 heavy (non-hydrogen) atoms. The first-order valence-corrected chi connectivity index (χ1v) is 6.08. The van der Waals surface area contributed by atoms with Gasteiger partial charge in [-0.1, -0.05) is 36.4 Å². The lowest BCUT2D eigenvalue weighted by Crippen LogP contribution is -2.11. The molecule has 91 valence electrons. The van der Waals surface area contributed by atoms with Crippen LogP contribution in [0.1, 0.15) is 5.69 Å². The summed E-state index contributed by atoms with van der Waals surface area (Å²) < 4.78 is 11.5. The van der Waals surface area contributed by atoms with Crippen LogP contribution in [-0.2, 0) is 0 Å². The maximum Gasteiger partial charge on any atom is 0.383 e. The van der Waals surface area contributed by atoms with Crippen LogP contribution >= 0.6 is 0 Å². The van der Waals surface area contributed by atoms with Gasteiger partial charge in [0.15, 0.2) is 11.5 Å². The van der Waals surface area contributed by atoms with Crippen LogP contribution in [-0.4, -0.2) is 4.98 Å². The molecule has 0 spiro atoms. The molecule has 0 atom stereocenters. The summed E-state index contributed by atoms with van der Waals surface area (Å²) >= 11 is 0. The SMILES string of the molecule is c1ccc2c(c1)O[C](c1nccc3ccccc13)O2. The van der Waals surface area contributed by atoms with E-state index in [9.17, 15) is 0 Å². The first kappa shape index (κ1) is 10.4. The van der Waals surface area contributed by atoms with E-state index in [1.54, 1.807) is 6.20 Å². The van der Waals surface area contributed by atoms with E-state index in [1.165, 1.54) is 0 Å². The Labute approximate surface area is 110 Å². The molecule has 0 unspecified atom stereocenters. The van der Waals surface area contributed by atoms with Gasteiger partial charge >= 0.3 is 6.29 Å². The topological polar surface area (TPSA) is 31.4 Å². The number of aromatic nitrogens is 1. The highest BCUT2D eigenvalue weighted by Gasteiger charge is 2.30. The fourth-order valence-electron chi connectivity index (χ4n) is 2.22. The minimum Gasteiger partial charge on any atom is -0.437 e. The van der Waals surface area contributed by atoms with Crippen LogP contribution in [0.25, 0.3) is 10.8 Å². The van der Waals surface area contributed by atoms with Gasteiger partial charge in [-0.15, -0.1) is 0 Å².